The average Bonchev–Trinajstić information content (AvgIpc) is 3.04. The highest BCUT2D eigenvalue weighted by atomic mass is 35.5. The van der Waals surface area contributed by atoms with E-state index < -0.39 is 18.0 Å². The number of nitrogens with zero attached hydrogens (tertiary/aromatic N) is 1. The molecule has 0 aliphatic rings. The first-order valence-electron chi connectivity index (χ1n) is 8.71. The molecule has 0 bridgehead atoms. The summed E-state index contributed by atoms with van der Waals surface area (Å²) in [6.07, 6.45) is 0.488. The van der Waals surface area contributed by atoms with Crippen molar-refractivity contribution >= 4 is 52.4 Å². The number of nitrogens with one attached hydrogen (secondary N) is 2. The maximum absolute atomic E-state index is 12.4. The summed E-state index contributed by atoms with van der Waals surface area (Å²) >= 11 is 17.8. The topological polar surface area (TPSA) is 93.2 Å². The number of amides is 1. The van der Waals surface area contributed by atoms with Gasteiger partial charge in [0.1, 0.15) is 0 Å². The number of rotatable bonds is 5. The Kier molecular flexibility index (Phi) is 6.55. The Labute approximate surface area is 186 Å². The first kappa shape index (κ1) is 22.0. The molecule has 0 aliphatic carbocycles. The van der Waals surface area contributed by atoms with Crippen molar-refractivity contribution in [2.45, 2.75) is 20.0 Å². The molecule has 2 N–H and O–H groups in total. The Morgan fingerprint density at radius 2 is 1.70 bits per heavy atom. The zero-order valence-electron chi connectivity index (χ0n) is 15.8. The number of benzene rings is 2. The van der Waals surface area contributed by atoms with Crippen molar-refractivity contribution in [3.63, 3.8) is 0 Å². The van der Waals surface area contributed by atoms with Crippen molar-refractivity contribution in [3.05, 3.63) is 79.4 Å². The van der Waals surface area contributed by atoms with Gasteiger partial charge in [-0.05, 0) is 50.2 Å². The van der Waals surface area contributed by atoms with E-state index in [0.29, 0.717) is 5.69 Å². The third-order valence-corrected chi connectivity index (χ3v) is 5.28. The second-order valence-electron chi connectivity index (χ2n) is 6.40. The van der Waals surface area contributed by atoms with Gasteiger partial charge in [-0.25, -0.2) is 9.59 Å². The Morgan fingerprint density at radius 1 is 1.07 bits per heavy atom. The fourth-order valence-corrected chi connectivity index (χ4v) is 3.25. The number of esters is 1. The second kappa shape index (κ2) is 8.95. The molecule has 0 aliphatic heterocycles. The predicted molar refractivity (Wildman–Crippen MR) is 116 cm³/mol. The van der Waals surface area contributed by atoms with E-state index in [0.717, 1.165) is 5.69 Å². The van der Waals surface area contributed by atoms with Gasteiger partial charge in [-0.2, -0.15) is 0 Å². The molecule has 0 radical (unpaired) electrons. The molecule has 0 saturated heterocycles. The molecule has 1 atom stereocenters. The average molecular weight is 469 g/mol. The molecule has 2 aromatic carbocycles. The zero-order valence-corrected chi connectivity index (χ0v) is 18.1. The van der Waals surface area contributed by atoms with Gasteiger partial charge < -0.3 is 15.0 Å². The van der Waals surface area contributed by atoms with Crippen LogP contribution in [0, 0.1) is 6.92 Å². The summed E-state index contributed by atoms with van der Waals surface area (Å²) in [4.78, 5) is 39.1. The van der Waals surface area contributed by atoms with Gasteiger partial charge >= 0.3 is 11.7 Å². The molecule has 156 valence electrons. The molecule has 1 heterocycles. The maximum atomic E-state index is 12.4. The van der Waals surface area contributed by atoms with E-state index >= 15 is 0 Å². The van der Waals surface area contributed by atoms with E-state index in [2.05, 4.69) is 10.3 Å². The number of aryl methyl sites for hydroxylation is 1. The van der Waals surface area contributed by atoms with Crippen LogP contribution in [0.1, 0.15) is 23.0 Å². The Balaban J connectivity index is 1.67. The lowest BCUT2D eigenvalue weighted by Gasteiger charge is -2.15. The third-order valence-electron chi connectivity index (χ3n) is 4.24. The van der Waals surface area contributed by atoms with Crippen LogP contribution in [0.3, 0.4) is 0 Å². The number of carbonyl (C=O) groups excluding carboxylic acids is 2. The summed E-state index contributed by atoms with van der Waals surface area (Å²) in [6.45, 7) is 3.20. The summed E-state index contributed by atoms with van der Waals surface area (Å²) < 4.78 is 6.68. The van der Waals surface area contributed by atoms with Gasteiger partial charge in [-0.1, -0.05) is 34.8 Å². The normalized spacial score (nSPS) is 11.8. The lowest BCUT2D eigenvalue weighted by molar-refractivity contribution is -0.123. The molecular weight excluding hydrogens is 453 g/mol. The van der Waals surface area contributed by atoms with E-state index in [1.807, 2.05) is 0 Å². The van der Waals surface area contributed by atoms with Crippen LogP contribution in [0.4, 0.5) is 5.69 Å². The van der Waals surface area contributed by atoms with E-state index in [-0.39, 0.29) is 32.0 Å². The van der Waals surface area contributed by atoms with Crippen LogP contribution < -0.4 is 11.0 Å². The van der Waals surface area contributed by atoms with Gasteiger partial charge in [0.05, 0.1) is 32.0 Å². The first-order chi connectivity index (χ1) is 14.2. The first-order valence-corrected chi connectivity index (χ1v) is 9.84. The molecule has 1 unspecified atom stereocenters. The fourth-order valence-electron chi connectivity index (χ4n) is 2.66. The maximum Gasteiger partial charge on any atom is 0.338 e. The minimum absolute atomic E-state index is 0.196. The SMILES string of the molecule is Cc1c[nH]c(=O)n1-c1ccc(C(=O)OC(C)C(=O)Nc2cc(Cl)c(Cl)cc2Cl)cc1. The smallest absolute Gasteiger partial charge is 0.338 e. The highest BCUT2D eigenvalue weighted by molar-refractivity contribution is 6.44. The van der Waals surface area contributed by atoms with Gasteiger partial charge in [0.25, 0.3) is 5.91 Å². The van der Waals surface area contributed by atoms with Crippen LogP contribution in [0.15, 0.2) is 47.4 Å². The number of hydrogen-bond acceptors (Lipinski definition) is 4. The Bertz CT molecular complexity index is 1170. The molecule has 30 heavy (non-hydrogen) atoms. The zero-order chi connectivity index (χ0) is 22.0. The van der Waals surface area contributed by atoms with E-state index in [1.54, 1.807) is 25.3 Å². The summed E-state index contributed by atoms with van der Waals surface area (Å²) in [7, 11) is 0. The van der Waals surface area contributed by atoms with Crippen molar-refractivity contribution in [2.24, 2.45) is 0 Å². The van der Waals surface area contributed by atoms with Gasteiger partial charge in [0.15, 0.2) is 6.10 Å². The summed E-state index contributed by atoms with van der Waals surface area (Å²) in [5, 5.41) is 3.21. The number of aromatic amines is 1. The van der Waals surface area contributed by atoms with E-state index in [4.69, 9.17) is 39.5 Å². The molecule has 3 aromatic rings. The molecule has 10 heteroatoms. The van der Waals surface area contributed by atoms with Crippen molar-refractivity contribution in [3.8, 4) is 5.69 Å². The Morgan fingerprint density at radius 3 is 2.30 bits per heavy atom. The largest absolute Gasteiger partial charge is 0.449 e. The quantitative estimate of drug-likeness (QED) is 0.422. The second-order valence-corrected chi connectivity index (χ2v) is 7.62. The van der Waals surface area contributed by atoms with Crippen LogP contribution in [0.5, 0.6) is 0 Å². The number of carbonyl (C=O) groups is 2. The minimum Gasteiger partial charge on any atom is -0.449 e. The van der Waals surface area contributed by atoms with Gasteiger partial charge in [-0.15, -0.1) is 0 Å². The van der Waals surface area contributed by atoms with Gasteiger partial charge in [-0.3, -0.25) is 9.36 Å². The molecule has 0 fully saturated rings. The van der Waals surface area contributed by atoms with Gasteiger partial charge in [0, 0.05) is 11.9 Å². The highest BCUT2D eigenvalue weighted by Crippen LogP contribution is 2.32. The molecule has 3 rings (SSSR count). The number of hydrogen-bond donors (Lipinski definition) is 2. The summed E-state index contributed by atoms with van der Waals surface area (Å²) in [5.41, 5.74) is 1.51. The number of imidazole rings is 1. The number of halogens is 3. The van der Waals surface area contributed by atoms with Crippen molar-refractivity contribution in [1.29, 1.82) is 0 Å². The number of anilines is 1. The fraction of sp³-hybridized carbons (Fsp3) is 0.150. The number of aromatic nitrogens is 2. The molecule has 0 saturated carbocycles. The van der Waals surface area contributed by atoms with Crippen molar-refractivity contribution in [2.75, 3.05) is 5.32 Å². The monoisotopic (exact) mass is 467 g/mol. The minimum atomic E-state index is -1.10. The molecule has 1 aromatic heterocycles. The number of ether oxygens (including phenoxy) is 1. The standard InChI is InChI=1S/C20H16Cl3N3O4/c1-10-9-24-20(29)26(10)13-5-3-12(4-6-13)19(28)30-11(2)18(27)25-17-8-15(22)14(21)7-16(17)23/h3-9,11H,1-2H3,(H,24,29)(H,25,27). The van der Waals surface area contributed by atoms with Crippen LogP contribution >= 0.6 is 34.8 Å². The molecule has 0 spiro atoms. The van der Waals surface area contributed by atoms with Crippen LogP contribution in [0.25, 0.3) is 5.69 Å². The van der Waals surface area contributed by atoms with Crippen molar-refractivity contribution < 1.29 is 14.3 Å². The highest BCUT2D eigenvalue weighted by Gasteiger charge is 2.20. The third kappa shape index (κ3) is 4.70. The van der Waals surface area contributed by atoms with E-state index in [9.17, 15) is 14.4 Å². The number of H-pyrrole nitrogens is 1. The van der Waals surface area contributed by atoms with Gasteiger partial charge in [0.2, 0.25) is 0 Å². The lowest BCUT2D eigenvalue weighted by atomic mass is 10.2. The summed E-state index contributed by atoms with van der Waals surface area (Å²) in [6, 6.07) is 9.05. The van der Waals surface area contributed by atoms with Crippen molar-refractivity contribution in [1.82, 2.24) is 9.55 Å². The van der Waals surface area contributed by atoms with E-state index in [1.165, 1.54) is 35.8 Å². The predicted octanol–water partition coefficient (Wildman–Crippen LogP) is 4.62. The molecular formula is C20H16Cl3N3O4. The molecule has 7 nitrogen and oxygen atoms in total. The lowest BCUT2D eigenvalue weighted by Crippen LogP contribution is -2.30. The van der Waals surface area contributed by atoms with Crippen LogP contribution in [-0.2, 0) is 9.53 Å². The summed E-state index contributed by atoms with van der Waals surface area (Å²) in [5.74, 6) is -1.28. The van der Waals surface area contributed by atoms with Crippen LogP contribution in [-0.4, -0.2) is 27.5 Å². The molecule has 1 amide bonds. The van der Waals surface area contributed by atoms with Crippen LogP contribution in [0.2, 0.25) is 15.1 Å². The Hall–Kier alpha value is -2.74.